The van der Waals surface area contributed by atoms with Gasteiger partial charge in [-0.15, -0.1) is 0 Å². The first-order valence-corrected chi connectivity index (χ1v) is 9.24. The predicted octanol–water partition coefficient (Wildman–Crippen LogP) is 3.24. The molecule has 0 bridgehead atoms. The quantitative estimate of drug-likeness (QED) is 0.776. The molecule has 4 rings (SSSR count). The van der Waals surface area contributed by atoms with E-state index in [-0.39, 0.29) is 0 Å². The van der Waals surface area contributed by atoms with E-state index in [4.69, 9.17) is 0 Å². The van der Waals surface area contributed by atoms with Crippen LogP contribution < -0.4 is 0 Å². The van der Waals surface area contributed by atoms with Crippen LogP contribution >= 0.6 is 11.3 Å². The number of aromatic nitrogens is 2. The van der Waals surface area contributed by atoms with E-state index in [1.165, 1.54) is 11.3 Å². The van der Waals surface area contributed by atoms with Crippen molar-refractivity contribution in [2.75, 3.05) is 6.54 Å². The van der Waals surface area contributed by atoms with E-state index in [0.717, 1.165) is 37.4 Å². The minimum Gasteiger partial charge on any atom is -0.386 e. The summed E-state index contributed by atoms with van der Waals surface area (Å²) in [5.41, 5.74) is 4.48. The Bertz CT molecular complexity index is 782. The molecule has 0 saturated carbocycles. The Labute approximate surface area is 146 Å². The summed E-state index contributed by atoms with van der Waals surface area (Å²) >= 11 is 1.75. The molecule has 0 spiro atoms. The van der Waals surface area contributed by atoms with Gasteiger partial charge in [-0.25, -0.2) is 0 Å². The lowest BCUT2D eigenvalue weighted by Crippen LogP contribution is -2.33. The summed E-state index contributed by atoms with van der Waals surface area (Å²) in [6, 6.07) is 14.3. The first-order valence-electron chi connectivity index (χ1n) is 8.30. The van der Waals surface area contributed by atoms with Gasteiger partial charge < -0.3 is 5.11 Å². The molecule has 124 valence electrons. The Balaban J connectivity index is 1.44. The Hall–Kier alpha value is -1.95. The van der Waals surface area contributed by atoms with Crippen molar-refractivity contribution < 1.29 is 5.11 Å². The van der Waals surface area contributed by atoms with Gasteiger partial charge in [-0.05, 0) is 34.0 Å². The molecular formula is C19H21N3OS. The molecule has 0 aliphatic carbocycles. The molecule has 4 nitrogen and oxygen atoms in total. The van der Waals surface area contributed by atoms with E-state index >= 15 is 0 Å². The third-order valence-corrected chi connectivity index (χ3v) is 5.23. The van der Waals surface area contributed by atoms with Crippen LogP contribution in [0.25, 0.3) is 0 Å². The predicted molar refractivity (Wildman–Crippen MR) is 95.8 cm³/mol. The van der Waals surface area contributed by atoms with E-state index in [9.17, 15) is 5.11 Å². The van der Waals surface area contributed by atoms with Crippen molar-refractivity contribution in [1.29, 1.82) is 0 Å². The number of nitrogens with zero attached hydrogens (tertiary/aromatic N) is 3. The SMILES string of the molecule is O[C@H](Cc1ccccc1)c1cc2n(n1)CCN(Cc1ccsc1)C2. The first kappa shape index (κ1) is 15.6. The van der Waals surface area contributed by atoms with Gasteiger partial charge in [0.05, 0.1) is 17.9 Å². The maximum absolute atomic E-state index is 10.5. The minimum absolute atomic E-state index is 0.546. The molecule has 0 radical (unpaired) electrons. The molecule has 24 heavy (non-hydrogen) atoms. The number of aliphatic hydroxyl groups excluding tert-OH is 1. The molecule has 0 fully saturated rings. The Morgan fingerprint density at radius 3 is 2.79 bits per heavy atom. The molecule has 1 aromatic carbocycles. The fraction of sp³-hybridized carbons (Fsp3) is 0.316. The maximum Gasteiger partial charge on any atom is 0.102 e. The van der Waals surface area contributed by atoms with E-state index in [0.29, 0.717) is 6.42 Å². The molecule has 0 saturated heterocycles. The molecule has 0 unspecified atom stereocenters. The normalized spacial score (nSPS) is 16.0. The summed E-state index contributed by atoms with van der Waals surface area (Å²) in [7, 11) is 0. The van der Waals surface area contributed by atoms with Crippen LogP contribution in [-0.4, -0.2) is 26.3 Å². The fourth-order valence-electron chi connectivity index (χ4n) is 3.22. The van der Waals surface area contributed by atoms with Crippen molar-refractivity contribution in [3.05, 3.63) is 75.7 Å². The van der Waals surface area contributed by atoms with Gasteiger partial charge in [0, 0.05) is 26.1 Å². The summed E-state index contributed by atoms with van der Waals surface area (Å²) < 4.78 is 2.05. The topological polar surface area (TPSA) is 41.3 Å². The highest BCUT2D eigenvalue weighted by atomic mass is 32.1. The molecule has 3 aromatic rings. The van der Waals surface area contributed by atoms with Crippen molar-refractivity contribution in [2.24, 2.45) is 0 Å². The van der Waals surface area contributed by atoms with Crippen molar-refractivity contribution in [3.8, 4) is 0 Å². The van der Waals surface area contributed by atoms with Gasteiger partial charge >= 0.3 is 0 Å². The van der Waals surface area contributed by atoms with E-state index in [1.54, 1.807) is 11.3 Å². The van der Waals surface area contributed by atoms with Crippen molar-refractivity contribution in [2.45, 2.75) is 32.2 Å². The van der Waals surface area contributed by atoms with E-state index in [2.05, 4.69) is 32.9 Å². The molecule has 1 N–H and O–H groups in total. The molecule has 1 atom stereocenters. The van der Waals surface area contributed by atoms with E-state index < -0.39 is 6.10 Å². The number of aliphatic hydroxyl groups is 1. The van der Waals surface area contributed by atoms with Crippen LogP contribution in [0.15, 0.2) is 53.2 Å². The molecular weight excluding hydrogens is 318 g/mol. The lowest BCUT2D eigenvalue weighted by Gasteiger charge is -2.27. The highest BCUT2D eigenvalue weighted by molar-refractivity contribution is 7.07. The second-order valence-electron chi connectivity index (χ2n) is 6.33. The van der Waals surface area contributed by atoms with Crippen LogP contribution in [-0.2, 0) is 26.1 Å². The number of hydrogen-bond donors (Lipinski definition) is 1. The number of benzene rings is 1. The standard InChI is InChI=1S/C19H21N3OS/c23-19(10-15-4-2-1-3-5-15)18-11-17-13-21(7-8-22(17)20-18)12-16-6-9-24-14-16/h1-6,9,11,14,19,23H,7-8,10,12-13H2/t19-/m1/s1. The van der Waals surface area contributed by atoms with Gasteiger partial charge in [-0.3, -0.25) is 9.58 Å². The van der Waals surface area contributed by atoms with Gasteiger partial charge in [0.1, 0.15) is 6.10 Å². The molecule has 5 heteroatoms. The zero-order chi connectivity index (χ0) is 16.4. The zero-order valence-electron chi connectivity index (χ0n) is 13.5. The van der Waals surface area contributed by atoms with Gasteiger partial charge in [-0.1, -0.05) is 30.3 Å². The summed E-state index contributed by atoms with van der Waals surface area (Å²) in [6.45, 7) is 3.76. The van der Waals surface area contributed by atoms with Crippen LogP contribution in [0.5, 0.6) is 0 Å². The first-order chi connectivity index (χ1) is 11.8. The van der Waals surface area contributed by atoms with Gasteiger partial charge in [-0.2, -0.15) is 16.4 Å². The molecule has 1 aliphatic heterocycles. The third kappa shape index (κ3) is 3.43. The van der Waals surface area contributed by atoms with Crippen LogP contribution in [0.1, 0.15) is 28.6 Å². The van der Waals surface area contributed by atoms with Gasteiger partial charge in [0.15, 0.2) is 0 Å². The molecule has 2 aromatic heterocycles. The number of hydrogen-bond acceptors (Lipinski definition) is 4. The maximum atomic E-state index is 10.5. The Morgan fingerprint density at radius 1 is 1.12 bits per heavy atom. The summed E-state index contributed by atoms with van der Waals surface area (Å²) in [5, 5.41) is 19.5. The number of rotatable bonds is 5. The highest BCUT2D eigenvalue weighted by Gasteiger charge is 2.21. The monoisotopic (exact) mass is 339 g/mol. The second-order valence-corrected chi connectivity index (χ2v) is 7.11. The fourth-order valence-corrected chi connectivity index (χ4v) is 3.88. The van der Waals surface area contributed by atoms with E-state index in [1.807, 2.05) is 35.0 Å². The zero-order valence-corrected chi connectivity index (χ0v) is 14.3. The van der Waals surface area contributed by atoms with Crippen LogP contribution in [0, 0.1) is 0 Å². The number of thiophene rings is 1. The Morgan fingerprint density at radius 2 is 2.00 bits per heavy atom. The largest absolute Gasteiger partial charge is 0.386 e. The average molecular weight is 339 g/mol. The van der Waals surface area contributed by atoms with Gasteiger partial charge in [0.2, 0.25) is 0 Å². The van der Waals surface area contributed by atoms with Crippen LogP contribution in [0.3, 0.4) is 0 Å². The minimum atomic E-state index is -0.546. The second kappa shape index (κ2) is 6.89. The average Bonchev–Trinajstić information content (AvgIpc) is 3.25. The lowest BCUT2D eigenvalue weighted by atomic mass is 10.1. The van der Waals surface area contributed by atoms with Crippen molar-refractivity contribution >= 4 is 11.3 Å². The van der Waals surface area contributed by atoms with Gasteiger partial charge in [0.25, 0.3) is 0 Å². The number of fused-ring (bicyclic) bond motifs is 1. The molecule has 3 heterocycles. The smallest absolute Gasteiger partial charge is 0.102 e. The van der Waals surface area contributed by atoms with Crippen LogP contribution in [0.2, 0.25) is 0 Å². The molecule has 1 aliphatic rings. The third-order valence-electron chi connectivity index (χ3n) is 4.50. The molecule has 0 amide bonds. The summed E-state index contributed by atoms with van der Waals surface area (Å²) in [6.07, 6.45) is 0.0615. The summed E-state index contributed by atoms with van der Waals surface area (Å²) in [4.78, 5) is 2.44. The summed E-state index contributed by atoms with van der Waals surface area (Å²) in [5.74, 6) is 0. The Kier molecular flexibility index (Phi) is 4.47. The lowest BCUT2D eigenvalue weighted by molar-refractivity contribution is 0.171. The van der Waals surface area contributed by atoms with Crippen molar-refractivity contribution in [3.63, 3.8) is 0 Å². The van der Waals surface area contributed by atoms with Crippen molar-refractivity contribution in [1.82, 2.24) is 14.7 Å². The van der Waals surface area contributed by atoms with Crippen LogP contribution in [0.4, 0.5) is 0 Å². The highest BCUT2D eigenvalue weighted by Crippen LogP contribution is 2.22.